The van der Waals surface area contributed by atoms with E-state index >= 15 is 0 Å². The van der Waals surface area contributed by atoms with E-state index in [0.29, 0.717) is 29.8 Å². The highest BCUT2D eigenvalue weighted by Gasteiger charge is 2.18. The van der Waals surface area contributed by atoms with Crippen LogP contribution < -0.4 is 21.8 Å². The van der Waals surface area contributed by atoms with E-state index in [4.69, 9.17) is 10.7 Å². The lowest BCUT2D eigenvalue weighted by Crippen LogP contribution is -2.27. The van der Waals surface area contributed by atoms with E-state index in [1.807, 2.05) is 43.3 Å². The fourth-order valence-electron chi connectivity index (χ4n) is 4.03. The van der Waals surface area contributed by atoms with Gasteiger partial charge in [-0.1, -0.05) is 24.3 Å². The number of rotatable bonds is 8. The van der Waals surface area contributed by atoms with Crippen LogP contribution in [0.3, 0.4) is 0 Å². The van der Waals surface area contributed by atoms with Crippen molar-refractivity contribution in [3.63, 3.8) is 0 Å². The number of likely N-dealkylation sites (N-methyl/N-ethyl adjacent to an activating group) is 1. The van der Waals surface area contributed by atoms with Gasteiger partial charge >= 0.3 is 0 Å². The number of hydrogen-bond donors (Lipinski definition) is 3. The molecule has 0 fully saturated rings. The summed E-state index contributed by atoms with van der Waals surface area (Å²) in [5, 5.41) is 5.85. The minimum atomic E-state index is -0.289. The molecule has 0 spiro atoms. The maximum atomic E-state index is 13.1. The SMILES string of the molecule is CCn1c(N)c(CC(=O)NC)c(=O)c2ccc(-c3ccc(CC(=O)NCc4ccncc4)cc3)nc21. The number of pyridine rings is 3. The van der Waals surface area contributed by atoms with Gasteiger partial charge in [0.15, 0.2) is 5.43 Å². The fourth-order valence-corrected chi connectivity index (χ4v) is 4.03. The molecule has 0 aliphatic heterocycles. The second-order valence-electron chi connectivity index (χ2n) is 8.36. The van der Waals surface area contributed by atoms with Crippen molar-refractivity contribution >= 4 is 28.7 Å². The van der Waals surface area contributed by atoms with E-state index < -0.39 is 0 Å². The molecule has 4 N–H and O–H groups in total. The average molecular weight is 485 g/mol. The molecule has 1 aromatic carbocycles. The highest BCUT2D eigenvalue weighted by Crippen LogP contribution is 2.23. The maximum absolute atomic E-state index is 13.1. The maximum Gasteiger partial charge on any atom is 0.224 e. The number of aryl methyl sites for hydroxylation is 1. The van der Waals surface area contributed by atoms with Crippen LogP contribution >= 0.6 is 0 Å². The van der Waals surface area contributed by atoms with Crippen LogP contribution in [0, 0.1) is 0 Å². The minimum absolute atomic E-state index is 0.0709. The number of amides is 2. The molecule has 184 valence electrons. The smallest absolute Gasteiger partial charge is 0.224 e. The lowest BCUT2D eigenvalue weighted by molar-refractivity contribution is -0.121. The molecule has 0 bridgehead atoms. The molecule has 9 heteroatoms. The molecule has 3 heterocycles. The molecule has 0 atom stereocenters. The van der Waals surface area contributed by atoms with Crippen LogP contribution in [0.25, 0.3) is 22.3 Å². The standard InChI is InChI=1S/C27H28N6O3/c1-3-33-26(28)21(15-23(34)29-2)25(36)20-8-9-22(32-27(20)33)19-6-4-17(5-7-19)14-24(35)31-16-18-10-12-30-13-11-18/h4-13H,3,14-16,28H2,1-2H3,(H,29,34)(H,31,35). The lowest BCUT2D eigenvalue weighted by Gasteiger charge is -2.16. The molecular weight excluding hydrogens is 456 g/mol. The normalized spacial score (nSPS) is 10.8. The van der Waals surface area contributed by atoms with E-state index in [-0.39, 0.29) is 41.5 Å². The van der Waals surface area contributed by atoms with Crippen molar-refractivity contribution in [3.8, 4) is 11.3 Å². The zero-order valence-corrected chi connectivity index (χ0v) is 20.2. The number of nitrogen functional groups attached to an aromatic ring is 1. The molecule has 4 rings (SSSR count). The number of carbonyl (C=O) groups excluding carboxylic acids is 2. The Morgan fingerprint density at radius 2 is 1.67 bits per heavy atom. The number of nitrogens with zero attached hydrogens (tertiary/aromatic N) is 3. The van der Waals surface area contributed by atoms with E-state index in [0.717, 1.165) is 16.7 Å². The van der Waals surface area contributed by atoms with Gasteiger partial charge in [0.05, 0.1) is 23.9 Å². The number of benzene rings is 1. The Bertz CT molecular complexity index is 1460. The van der Waals surface area contributed by atoms with Gasteiger partial charge in [-0.25, -0.2) is 4.98 Å². The van der Waals surface area contributed by atoms with E-state index in [2.05, 4.69) is 15.6 Å². The van der Waals surface area contributed by atoms with E-state index in [1.165, 1.54) is 7.05 Å². The van der Waals surface area contributed by atoms with Crippen molar-refractivity contribution in [2.45, 2.75) is 32.9 Å². The first-order valence-electron chi connectivity index (χ1n) is 11.7. The Balaban J connectivity index is 1.56. The van der Waals surface area contributed by atoms with Crippen LogP contribution in [0.1, 0.15) is 23.6 Å². The predicted octanol–water partition coefficient (Wildman–Crippen LogP) is 2.21. The largest absolute Gasteiger partial charge is 0.385 e. The molecule has 9 nitrogen and oxygen atoms in total. The second kappa shape index (κ2) is 10.8. The van der Waals surface area contributed by atoms with Crippen molar-refractivity contribution in [2.24, 2.45) is 0 Å². The summed E-state index contributed by atoms with van der Waals surface area (Å²) >= 11 is 0. The first kappa shape index (κ1) is 24.6. The molecule has 36 heavy (non-hydrogen) atoms. The van der Waals surface area contributed by atoms with E-state index in [9.17, 15) is 14.4 Å². The zero-order valence-electron chi connectivity index (χ0n) is 20.2. The van der Waals surface area contributed by atoms with Crippen molar-refractivity contribution < 1.29 is 9.59 Å². The van der Waals surface area contributed by atoms with Crippen LogP contribution in [-0.4, -0.2) is 33.4 Å². The van der Waals surface area contributed by atoms with Gasteiger partial charge in [0, 0.05) is 43.7 Å². The monoisotopic (exact) mass is 484 g/mol. The van der Waals surface area contributed by atoms with Crippen molar-refractivity contribution in [1.82, 2.24) is 25.2 Å². The van der Waals surface area contributed by atoms with Crippen molar-refractivity contribution in [1.29, 1.82) is 0 Å². The number of hydrogen-bond acceptors (Lipinski definition) is 6. The number of carbonyl (C=O) groups is 2. The first-order valence-corrected chi connectivity index (χ1v) is 11.7. The summed E-state index contributed by atoms with van der Waals surface area (Å²) < 4.78 is 1.75. The van der Waals surface area contributed by atoms with Crippen LogP contribution in [0.2, 0.25) is 0 Å². The second-order valence-corrected chi connectivity index (χ2v) is 8.36. The molecule has 0 unspecified atom stereocenters. The molecule has 0 saturated heterocycles. The van der Waals surface area contributed by atoms with Gasteiger partial charge in [0.2, 0.25) is 11.8 Å². The molecular formula is C27H28N6O3. The summed E-state index contributed by atoms with van der Waals surface area (Å²) in [5.74, 6) is -0.105. The molecule has 0 radical (unpaired) electrons. The van der Waals surface area contributed by atoms with Crippen molar-refractivity contribution in [3.05, 3.63) is 87.8 Å². The predicted molar refractivity (Wildman–Crippen MR) is 139 cm³/mol. The highest BCUT2D eigenvalue weighted by atomic mass is 16.2. The lowest BCUT2D eigenvalue weighted by atomic mass is 10.0. The van der Waals surface area contributed by atoms with Crippen LogP contribution in [0.5, 0.6) is 0 Å². The molecule has 3 aromatic heterocycles. The number of nitrogens with one attached hydrogen (secondary N) is 2. The Kier molecular flexibility index (Phi) is 7.39. The Hall–Kier alpha value is -4.53. The minimum Gasteiger partial charge on any atom is -0.385 e. The quantitative estimate of drug-likeness (QED) is 0.351. The van der Waals surface area contributed by atoms with Crippen LogP contribution in [0.15, 0.2) is 65.7 Å². The van der Waals surface area contributed by atoms with Gasteiger partial charge in [0.25, 0.3) is 0 Å². The highest BCUT2D eigenvalue weighted by molar-refractivity contribution is 5.85. The zero-order chi connectivity index (χ0) is 25.7. The number of aromatic nitrogens is 3. The third kappa shape index (κ3) is 5.25. The summed E-state index contributed by atoms with van der Waals surface area (Å²) in [5.41, 5.74) is 10.1. The molecule has 2 amide bonds. The Morgan fingerprint density at radius 3 is 2.33 bits per heavy atom. The van der Waals surface area contributed by atoms with Gasteiger partial charge in [-0.15, -0.1) is 0 Å². The topological polar surface area (TPSA) is 132 Å². The third-order valence-corrected chi connectivity index (χ3v) is 6.04. The molecule has 4 aromatic rings. The number of nitrogens with two attached hydrogens (primary N) is 1. The van der Waals surface area contributed by atoms with Gasteiger partial charge in [0.1, 0.15) is 11.5 Å². The van der Waals surface area contributed by atoms with Gasteiger partial charge < -0.3 is 20.9 Å². The Labute approximate surface area is 208 Å². The van der Waals surface area contributed by atoms with Crippen molar-refractivity contribution in [2.75, 3.05) is 12.8 Å². The molecule has 0 saturated carbocycles. The summed E-state index contributed by atoms with van der Waals surface area (Å²) in [6.45, 7) is 2.85. The van der Waals surface area contributed by atoms with Crippen LogP contribution in [0.4, 0.5) is 5.82 Å². The van der Waals surface area contributed by atoms with Gasteiger partial charge in [-0.05, 0) is 42.3 Å². The third-order valence-electron chi connectivity index (χ3n) is 6.04. The van der Waals surface area contributed by atoms with Crippen LogP contribution in [-0.2, 0) is 35.5 Å². The fraction of sp³-hybridized carbons (Fsp3) is 0.222. The number of anilines is 1. The average Bonchev–Trinajstić information content (AvgIpc) is 2.91. The number of fused-ring (bicyclic) bond motifs is 1. The molecule has 0 aliphatic rings. The summed E-state index contributed by atoms with van der Waals surface area (Å²) in [4.78, 5) is 46.0. The summed E-state index contributed by atoms with van der Waals surface area (Å²) in [6.07, 6.45) is 3.56. The molecule has 0 aliphatic carbocycles. The van der Waals surface area contributed by atoms with Gasteiger partial charge in [-0.2, -0.15) is 0 Å². The Morgan fingerprint density at radius 1 is 0.944 bits per heavy atom. The summed E-state index contributed by atoms with van der Waals surface area (Å²) in [7, 11) is 1.52. The first-order chi connectivity index (χ1) is 17.4. The van der Waals surface area contributed by atoms with Gasteiger partial charge in [-0.3, -0.25) is 19.4 Å². The van der Waals surface area contributed by atoms with E-state index in [1.54, 1.807) is 29.1 Å². The summed E-state index contributed by atoms with van der Waals surface area (Å²) in [6, 6.07) is 14.8.